The molecule has 7 heteroatoms. The third-order valence-corrected chi connectivity index (χ3v) is 4.02. The van der Waals surface area contributed by atoms with Gasteiger partial charge in [0.1, 0.15) is 0 Å². The molecule has 0 aromatic rings. The van der Waals surface area contributed by atoms with Crippen molar-refractivity contribution in [2.45, 2.75) is 76.8 Å². The van der Waals surface area contributed by atoms with Gasteiger partial charge in [0.2, 0.25) is 5.91 Å². The Balaban J connectivity index is 2.88. The molecule has 0 saturated heterocycles. The number of hydrogen-bond donors (Lipinski definition) is 2. The summed E-state index contributed by atoms with van der Waals surface area (Å²) in [7, 11) is 0. The number of alkyl halides is 3. The van der Waals surface area contributed by atoms with Crippen molar-refractivity contribution >= 4 is 5.91 Å². The van der Waals surface area contributed by atoms with Gasteiger partial charge in [-0.05, 0) is 47.0 Å². The number of halogens is 3. The average molecular weight is 309 g/mol. The first-order chi connectivity index (χ1) is 9.47. The number of nitrogens with two attached hydrogens (primary N) is 1. The molecule has 0 radical (unpaired) electrons. The highest BCUT2D eigenvalue weighted by molar-refractivity contribution is 5.85. The van der Waals surface area contributed by atoms with Crippen LogP contribution in [-0.4, -0.2) is 47.2 Å². The number of nitrogens with zero attached hydrogens (tertiary/aromatic N) is 1. The first-order valence-corrected chi connectivity index (χ1v) is 7.37. The Morgan fingerprint density at radius 1 is 1.38 bits per heavy atom. The largest absolute Gasteiger partial charge is 0.401 e. The average Bonchev–Trinajstić information content (AvgIpc) is 2.68. The van der Waals surface area contributed by atoms with Crippen LogP contribution in [0.5, 0.6) is 0 Å². The zero-order chi connectivity index (χ0) is 16.4. The SMILES string of the molecule is CC(C)NC1(C(N)=O)CCC(N(CC(F)(F)F)C(C)C)C1. The van der Waals surface area contributed by atoms with E-state index in [4.69, 9.17) is 5.73 Å². The lowest BCUT2D eigenvalue weighted by Gasteiger charge is -2.35. The van der Waals surface area contributed by atoms with E-state index in [1.807, 2.05) is 13.8 Å². The van der Waals surface area contributed by atoms with Crippen LogP contribution in [-0.2, 0) is 4.79 Å². The summed E-state index contributed by atoms with van der Waals surface area (Å²) in [6, 6.07) is -0.476. The van der Waals surface area contributed by atoms with Gasteiger partial charge in [0.15, 0.2) is 0 Å². The van der Waals surface area contributed by atoms with Crippen LogP contribution in [0.25, 0.3) is 0 Å². The molecule has 1 aliphatic rings. The molecule has 0 bridgehead atoms. The zero-order valence-corrected chi connectivity index (χ0v) is 13.1. The van der Waals surface area contributed by atoms with Crippen molar-refractivity contribution in [3.63, 3.8) is 0 Å². The second-order valence-corrected chi connectivity index (χ2v) is 6.52. The normalized spacial score (nSPS) is 27.0. The minimum atomic E-state index is -4.24. The molecule has 1 amide bonds. The van der Waals surface area contributed by atoms with Gasteiger partial charge in [-0.3, -0.25) is 9.69 Å². The fourth-order valence-corrected chi connectivity index (χ4v) is 3.22. The summed E-state index contributed by atoms with van der Waals surface area (Å²) in [6.07, 6.45) is -2.90. The molecule has 21 heavy (non-hydrogen) atoms. The van der Waals surface area contributed by atoms with E-state index >= 15 is 0 Å². The molecule has 2 unspecified atom stereocenters. The van der Waals surface area contributed by atoms with Gasteiger partial charge in [0.25, 0.3) is 0 Å². The summed E-state index contributed by atoms with van der Waals surface area (Å²) in [5.41, 5.74) is 4.61. The van der Waals surface area contributed by atoms with Gasteiger partial charge in [-0.1, -0.05) is 0 Å². The van der Waals surface area contributed by atoms with E-state index < -0.39 is 24.2 Å². The summed E-state index contributed by atoms with van der Waals surface area (Å²) in [6.45, 7) is 6.32. The maximum atomic E-state index is 12.7. The molecule has 1 saturated carbocycles. The quantitative estimate of drug-likeness (QED) is 0.789. The van der Waals surface area contributed by atoms with Crippen LogP contribution in [0.4, 0.5) is 13.2 Å². The van der Waals surface area contributed by atoms with Crippen LogP contribution in [0.3, 0.4) is 0 Å². The molecule has 3 N–H and O–H groups in total. The van der Waals surface area contributed by atoms with E-state index in [2.05, 4.69) is 5.32 Å². The Hall–Kier alpha value is -0.820. The molecule has 1 aliphatic carbocycles. The molecule has 0 aliphatic heterocycles. The van der Waals surface area contributed by atoms with Crippen molar-refractivity contribution in [2.75, 3.05) is 6.54 Å². The minimum Gasteiger partial charge on any atom is -0.368 e. The number of primary amides is 1. The Morgan fingerprint density at radius 2 is 1.95 bits per heavy atom. The topological polar surface area (TPSA) is 58.4 Å². The molecule has 1 rings (SSSR count). The summed E-state index contributed by atoms with van der Waals surface area (Å²) in [5.74, 6) is -0.477. The number of amides is 1. The monoisotopic (exact) mass is 309 g/mol. The molecule has 2 atom stereocenters. The summed E-state index contributed by atoms with van der Waals surface area (Å²) < 4.78 is 38.2. The fraction of sp³-hybridized carbons (Fsp3) is 0.929. The molecule has 124 valence electrons. The van der Waals surface area contributed by atoms with Crippen molar-refractivity contribution in [3.05, 3.63) is 0 Å². The number of rotatable bonds is 6. The molecule has 0 aromatic heterocycles. The van der Waals surface area contributed by atoms with Gasteiger partial charge in [-0.2, -0.15) is 13.2 Å². The summed E-state index contributed by atoms with van der Waals surface area (Å²) in [4.78, 5) is 13.2. The molecule has 0 aromatic carbocycles. The zero-order valence-electron chi connectivity index (χ0n) is 13.1. The lowest BCUT2D eigenvalue weighted by molar-refractivity contribution is -0.155. The molecule has 4 nitrogen and oxygen atoms in total. The number of nitrogens with one attached hydrogen (secondary N) is 1. The highest BCUT2D eigenvalue weighted by atomic mass is 19.4. The van der Waals surface area contributed by atoms with Crippen molar-refractivity contribution in [1.29, 1.82) is 0 Å². The smallest absolute Gasteiger partial charge is 0.368 e. The first-order valence-electron chi connectivity index (χ1n) is 7.37. The number of hydrogen-bond acceptors (Lipinski definition) is 3. The molecule has 1 fully saturated rings. The third-order valence-electron chi connectivity index (χ3n) is 4.02. The lowest BCUT2D eigenvalue weighted by atomic mass is 9.95. The summed E-state index contributed by atoms with van der Waals surface area (Å²) in [5, 5.41) is 3.16. The van der Waals surface area contributed by atoms with Crippen LogP contribution in [0.1, 0.15) is 47.0 Å². The molecule has 0 heterocycles. The van der Waals surface area contributed by atoms with E-state index in [0.29, 0.717) is 19.3 Å². The second kappa shape index (κ2) is 6.52. The fourth-order valence-electron chi connectivity index (χ4n) is 3.22. The Labute approximate surface area is 124 Å². The molecular weight excluding hydrogens is 283 g/mol. The van der Waals surface area contributed by atoms with E-state index in [1.165, 1.54) is 4.90 Å². The maximum absolute atomic E-state index is 12.7. The van der Waals surface area contributed by atoms with Gasteiger partial charge >= 0.3 is 6.18 Å². The number of carbonyl (C=O) groups is 1. The van der Waals surface area contributed by atoms with E-state index in [-0.39, 0.29) is 18.1 Å². The van der Waals surface area contributed by atoms with E-state index in [9.17, 15) is 18.0 Å². The van der Waals surface area contributed by atoms with Crippen LogP contribution < -0.4 is 11.1 Å². The van der Waals surface area contributed by atoms with Crippen molar-refractivity contribution in [3.8, 4) is 0 Å². The third kappa shape index (κ3) is 4.85. The predicted molar refractivity (Wildman–Crippen MR) is 75.7 cm³/mol. The van der Waals surface area contributed by atoms with Gasteiger partial charge < -0.3 is 11.1 Å². The van der Waals surface area contributed by atoms with Crippen molar-refractivity contribution in [2.24, 2.45) is 5.73 Å². The van der Waals surface area contributed by atoms with Crippen LogP contribution in [0.15, 0.2) is 0 Å². The molecular formula is C14H26F3N3O. The van der Waals surface area contributed by atoms with Crippen LogP contribution in [0, 0.1) is 0 Å². The molecule has 0 spiro atoms. The van der Waals surface area contributed by atoms with Gasteiger partial charge in [0, 0.05) is 18.1 Å². The summed E-state index contributed by atoms with van der Waals surface area (Å²) >= 11 is 0. The van der Waals surface area contributed by atoms with Crippen LogP contribution >= 0.6 is 0 Å². The lowest BCUT2D eigenvalue weighted by Crippen LogP contribution is -2.57. The number of carbonyl (C=O) groups excluding carboxylic acids is 1. The van der Waals surface area contributed by atoms with Gasteiger partial charge in [-0.25, -0.2) is 0 Å². The van der Waals surface area contributed by atoms with E-state index in [0.717, 1.165) is 0 Å². The van der Waals surface area contributed by atoms with Gasteiger partial charge in [0.05, 0.1) is 12.1 Å². The van der Waals surface area contributed by atoms with Crippen molar-refractivity contribution < 1.29 is 18.0 Å². The highest BCUT2D eigenvalue weighted by Crippen LogP contribution is 2.35. The Bertz CT molecular complexity index is 371. The minimum absolute atomic E-state index is 0.0476. The van der Waals surface area contributed by atoms with Crippen molar-refractivity contribution in [1.82, 2.24) is 10.2 Å². The Kier molecular flexibility index (Phi) is 5.66. The second-order valence-electron chi connectivity index (χ2n) is 6.52. The standard InChI is InChI=1S/C14H26F3N3O/c1-9(2)19-13(12(18)21)6-5-11(7-13)20(10(3)4)8-14(15,16)17/h9-11,19H,5-8H2,1-4H3,(H2,18,21). The van der Waals surface area contributed by atoms with Gasteiger partial charge in [-0.15, -0.1) is 0 Å². The maximum Gasteiger partial charge on any atom is 0.401 e. The predicted octanol–water partition coefficient (Wildman–Crippen LogP) is 2.03. The van der Waals surface area contributed by atoms with E-state index in [1.54, 1.807) is 13.8 Å². The first kappa shape index (κ1) is 18.2. The van der Waals surface area contributed by atoms with Crippen LogP contribution in [0.2, 0.25) is 0 Å². The Morgan fingerprint density at radius 3 is 2.33 bits per heavy atom. The highest BCUT2D eigenvalue weighted by Gasteiger charge is 2.47.